The molecule has 1 amide bonds. The van der Waals surface area contributed by atoms with Crippen LogP contribution in [-0.2, 0) is 6.54 Å². The van der Waals surface area contributed by atoms with Gasteiger partial charge in [-0.05, 0) is 54.1 Å². The van der Waals surface area contributed by atoms with Gasteiger partial charge in [-0.2, -0.15) is 0 Å². The third-order valence-electron chi connectivity index (χ3n) is 4.56. The number of hydrogen-bond donors (Lipinski definition) is 1. The average Bonchev–Trinajstić information content (AvgIpc) is 2.77. The summed E-state index contributed by atoms with van der Waals surface area (Å²) in [5.41, 5.74) is 3.85. The van der Waals surface area contributed by atoms with Crippen LogP contribution in [0.4, 0.5) is 0 Å². The number of benzene rings is 2. The minimum absolute atomic E-state index is 0.163. The zero-order chi connectivity index (χ0) is 20.2. The second-order valence-corrected chi connectivity index (χ2v) is 7.41. The fraction of sp³-hybridized carbons (Fsp3) is 0.0870. The molecule has 4 rings (SSSR count). The predicted molar refractivity (Wildman–Crippen MR) is 117 cm³/mol. The Kier molecular flexibility index (Phi) is 5.53. The fourth-order valence-electron chi connectivity index (χ4n) is 3.11. The van der Waals surface area contributed by atoms with E-state index in [1.807, 2.05) is 60.7 Å². The molecular weight excluding hydrogens is 430 g/mol. The highest BCUT2D eigenvalue weighted by molar-refractivity contribution is 9.10. The molecule has 1 N–H and O–H groups in total. The Morgan fingerprint density at radius 2 is 2.00 bits per heavy atom. The summed E-state index contributed by atoms with van der Waals surface area (Å²) in [6.07, 6.45) is 3.45. The van der Waals surface area contributed by atoms with Crippen molar-refractivity contribution in [1.29, 1.82) is 0 Å². The van der Waals surface area contributed by atoms with Crippen LogP contribution < -0.4 is 10.1 Å². The van der Waals surface area contributed by atoms with Crippen molar-refractivity contribution >= 4 is 32.7 Å². The van der Waals surface area contributed by atoms with Gasteiger partial charge in [-0.25, -0.2) is 4.98 Å². The highest BCUT2D eigenvalue weighted by Gasteiger charge is 2.14. The van der Waals surface area contributed by atoms with Crippen LogP contribution in [0.15, 0.2) is 77.5 Å². The van der Waals surface area contributed by atoms with Crippen molar-refractivity contribution in [3.05, 3.63) is 88.7 Å². The molecule has 144 valence electrons. The van der Waals surface area contributed by atoms with Gasteiger partial charge in [-0.1, -0.05) is 28.1 Å². The normalized spacial score (nSPS) is 10.7. The van der Waals surface area contributed by atoms with Gasteiger partial charge in [-0.15, -0.1) is 0 Å². The molecule has 0 aliphatic rings. The maximum Gasteiger partial charge on any atom is 0.252 e. The predicted octanol–water partition coefficient (Wildman–Crippen LogP) is 5.00. The smallest absolute Gasteiger partial charge is 0.252 e. The number of aromatic nitrogens is 2. The van der Waals surface area contributed by atoms with Crippen molar-refractivity contribution in [3.63, 3.8) is 0 Å². The number of methoxy groups -OCH3 is 1. The van der Waals surface area contributed by atoms with Crippen LogP contribution in [0.25, 0.3) is 22.2 Å². The molecule has 0 aliphatic carbocycles. The fourth-order valence-corrected chi connectivity index (χ4v) is 3.47. The van der Waals surface area contributed by atoms with Crippen LogP contribution in [0.3, 0.4) is 0 Å². The van der Waals surface area contributed by atoms with Crippen LogP contribution in [-0.4, -0.2) is 23.0 Å². The number of rotatable bonds is 5. The van der Waals surface area contributed by atoms with E-state index in [2.05, 4.69) is 26.2 Å². The lowest BCUT2D eigenvalue weighted by molar-refractivity contribution is 0.0952. The molecule has 0 saturated heterocycles. The van der Waals surface area contributed by atoms with Crippen LogP contribution in [0.2, 0.25) is 0 Å². The number of carbonyl (C=O) groups excluding carboxylic acids is 1. The van der Waals surface area contributed by atoms with Crippen LogP contribution >= 0.6 is 15.9 Å². The monoisotopic (exact) mass is 447 g/mol. The summed E-state index contributed by atoms with van der Waals surface area (Å²) < 4.78 is 6.14. The van der Waals surface area contributed by atoms with Crippen LogP contribution in [0, 0.1) is 0 Å². The maximum absolute atomic E-state index is 13.1. The topological polar surface area (TPSA) is 64.1 Å². The van der Waals surface area contributed by atoms with Crippen molar-refractivity contribution in [2.75, 3.05) is 7.11 Å². The summed E-state index contributed by atoms with van der Waals surface area (Å²) >= 11 is 3.49. The molecule has 5 nitrogen and oxygen atoms in total. The van der Waals surface area contributed by atoms with E-state index in [0.717, 1.165) is 32.3 Å². The van der Waals surface area contributed by atoms with E-state index in [0.29, 0.717) is 17.8 Å². The molecule has 2 aromatic carbocycles. The van der Waals surface area contributed by atoms with E-state index in [-0.39, 0.29) is 5.91 Å². The number of pyridine rings is 2. The molecule has 0 saturated carbocycles. The quantitative estimate of drug-likeness (QED) is 0.467. The Bertz CT molecular complexity index is 1180. The molecule has 2 heterocycles. The van der Waals surface area contributed by atoms with Gasteiger partial charge in [0.05, 0.1) is 23.9 Å². The third kappa shape index (κ3) is 4.27. The lowest BCUT2D eigenvalue weighted by Gasteiger charge is -2.11. The van der Waals surface area contributed by atoms with Crippen molar-refractivity contribution in [2.24, 2.45) is 0 Å². The maximum atomic E-state index is 13.1. The third-order valence-corrected chi connectivity index (χ3v) is 5.05. The summed E-state index contributed by atoms with van der Waals surface area (Å²) in [7, 11) is 1.62. The van der Waals surface area contributed by atoms with Crippen molar-refractivity contribution in [3.8, 4) is 17.0 Å². The van der Waals surface area contributed by atoms with Crippen molar-refractivity contribution in [1.82, 2.24) is 15.3 Å². The van der Waals surface area contributed by atoms with Gasteiger partial charge in [0, 0.05) is 34.4 Å². The van der Waals surface area contributed by atoms with Gasteiger partial charge in [0.15, 0.2) is 0 Å². The summed E-state index contributed by atoms with van der Waals surface area (Å²) in [6, 6.07) is 19.0. The summed E-state index contributed by atoms with van der Waals surface area (Å²) in [5.74, 6) is 0.595. The number of nitrogens with zero attached hydrogens (tertiary/aromatic N) is 2. The molecule has 0 atom stereocenters. The Hall–Kier alpha value is -3.25. The Balaban J connectivity index is 1.70. The van der Waals surface area contributed by atoms with Gasteiger partial charge < -0.3 is 10.1 Å². The number of nitrogens with one attached hydrogen (secondary N) is 1. The van der Waals surface area contributed by atoms with Gasteiger partial charge in [-0.3, -0.25) is 9.78 Å². The molecule has 0 aliphatic heterocycles. The number of carbonyl (C=O) groups is 1. The molecule has 29 heavy (non-hydrogen) atoms. The SMILES string of the molecule is COc1cccc(CNC(=O)c2cc(-c3cccnc3)nc3ccc(Br)cc23)c1. The van der Waals surface area contributed by atoms with E-state index in [1.165, 1.54) is 0 Å². The molecule has 0 unspecified atom stereocenters. The van der Waals surface area contributed by atoms with Crippen molar-refractivity contribution in [2.45, 2.75) is 6.54 Å². The molecule has 0 bridgehead atoms. The number of hydrogen-bond acceptors (Lipinski definition) is 4. The summed E-state index contributed by atoms with van der Waals surface area (Å²) in [5, 5.41) is 3.79. The molecule has 0 spiro atoms. The molecule has 2 aromatic heterocycles. The van der Waals surface area contributed by atoms with E-state index >= 15 is 0 Å². The Morgan fingerprint density at radius 3 is 2.79 bits per heavy atom. The van der Waals surface area contributed by atoms with E-state index in [9.17, 15) is 4.79 Å². The number of halogens is 1. The minimum atomic E-state index is -0.163. The number of ether oxygens (including phenoxy) is 1. The second-order valence-electron chi connectivity index (χ2n) is 6.49. The van der Waals surface area contributed by atoms with Crippen LogP contribution in [0.1, 0.15) is 15.9 Å². The lowest BCUT2D eigenvalue weighted by atomic mass is 10.0. The second kappa shape index (κ2) is 8.41. The van der Waals surface area contributed by atoms with Crippen molar-refractivity contribution < 1.29 is 9.53 Å². The first-order chi connectivity index (χ1) is 14.1. The van der Waals surface area contributed by atoms with Crippen LogP contribution in [0.5, 0.6) is 5.75 Å². The van der Waals surface area contributed by atoms with Gasteiger partial charge in [0.2, 0.25) is 0 Å². The van der Waals surface area contributed by atoms with Gasteiger partial charge >= 0.3 is 0 Å². The first-order valence-electron chi connectivity index (χ1n) is 9.06. The summed E-state index contributed by atoms with van der Waals surface area (Å²) in [6.45, 7) is 0.399. The zero-order valence-corrected chi connectivity index (χ0v) is 17.3. The van der Waals surface area contributed by atoms with E-state index in [4.69, 9.17) is 9.72 Å². The van der Waals surface area contributed by atoms with Gasteiger partial charge in [0.25, 0.3) is 5.91 Å². The Labute approximate surface area is 176 Å². The summed E-state index contributed by atoms with van der Waals surface area (Å²) in [4.78, 5) is 22.0. The molecule has 4 aromatic rings. The first kappa shape index (κ1) is 19.1. The first-order valence-corrected chi connectivity index (χ1v) is 9.85. The van der Waals surface area contributed by atoms with E-state index in [1.54, 1.807) is 19.5 Å². The minimum Gasteiger partial charge on any atom is -0.497 e. The largest absolute Gasteiger partial charge is 0.497 e. The number of amides is 1. The van der Waals surface area contributed by atoms with E-state index < -0.39 is 0 Å². The average molecular weight is 448 g/mol. The molecule has 0 radical (unpaired) electrons. The lowest BCUT2D eigenvalue weighted by Crippen LogP contribution is -2.23. The Morgan fingerprint density at radius 1 is 1.10 bits per heavy atom. The standard InChI is InChI=1S/C23H18BrN3O2/c1-29-18-6-2-4-15(10-18)13-26-23(28)20-12-22(16-5-3-9-25-14-16)27-21-8-7-17(24)11-19(20)21/h2-12,14H,13H2,1H3,(H,26,28). The molecule has 6 heteroatoms. The highest BCUT2D eigenvalue weighted by atomic mass is 79.9. The zero-order valence-electron chi connectivity index (χ0n) is 15.7. The molecule has 0 fully saturated rings. The molecular formula is C23H18BrN3O2. The van der Waals surface area contributed by atoms with Gasteiger partial charge in [0.1, 0.15) is 5.75 Å². The highest BCUT2D eigenvalue weighted by Crippen LogP contribution is 2.27. The number of fused-ring (bicyclic) bond motifs is 1.